The van der Waals surface area contributed by atoms with Crippen molar-refractivity contribution in [3.8, 4) is 0 Å². The van der Waals surface area contributed by atoms with Crippen LogP contribution < -0.4 is 0 Å². The number of sulfonamides is 1. The summed E-state index contributed by atoms with van der Waals surface area (Å²) in [5.41, 5.74) is -0.453. The number of hydrogen-bond acceptors (Lipinski definition) is 5. The SMILES string of the molecule is CC(C)N(C)S(=O)(=O)c1ccc(Cl)c(C(=O)N(C)CCCC(=O)OC(C)(C)C)c1. The first-order valence-electron chi connectivity index (χ1n) is 9.41. The number of amides is 1. The Labute approximate surface area is 179 Å². The van der Waals surface area contributed by atoms with E-state index < -0.39 is 21.5 Å². The zero-order chi connectivity index (χ0) is 22.6. The first kappa shape index (κ1) is 25.4. The summed E-state index contributed by atoms with van der Waals surface area (Å²) >= 11 is 6.15. The van der Waals surface area contributed by atoms with Crippen LogP contribution in [-0.2, 0) is 19.6 Å². The number of hydrogen-bond donors (Lipinski definition) is 0. The van der Waals surface area contributed by atoms with Gasteiger partial charge in [-0.1, -0.05) is 11.6 Å². The van der Waals surface area contributed by atoms with Gasteiger partial charge in [-0.3, -0.25) is 9.59 Å². The van der Waals surface area contributed by atoms with Crippen LogP contribution in [0.25, 0.3) is 0 Å². The first-order valence-corrected chi connectivity index (χ1v) is 11.2. The number of halogens is 1. The molecular formula is C20H31ClN2O5S. The molecule has 0 heterocycles. The minimum absolute atomic E-state index is 0.00334. The van der Waals surface area contributed by atoms with Gasteiger partial charge < -0.3 is 9.64 Å². The van der Waals surface area contributed by atoms with Gasteiger partial charge in [-0.2, -0.15) is 4.31 Å². The molecule has 164 valence electrons. The van der Waals surface area contributed by atoms with Crippen molar-refractivity contribution in [1.82, 2.24) is 9.21 Å². The molecule has 0 N–H and O–H groups in total. The van der Waals surface area contributed by atoms with E-state index in [4.69, 9.17) is 16.3 Å². The van der Waals surface area contributed by atoms with Gasteiger partial charge >= 0.3 is 5.97 Å². The molecule has 0 aromatic heterocycles. The predicted octanol–water partition coefficient (Wildman–Crippen LogP) is 3.56. The quantitative estimate of drug-likeness (QED) is 0.570. The molecule has 1 rings (SSSR count). The van der Waals surface area contributed by atoms with Crippen LogP contribution in [0.15, 0.2) is 23.1 Å². The molecule has 0 spiro atoms. The Balaban J connectivity index is 2.90. The zero-order valence-corrected chi connectivity index (χ0v) is 19.7. The molecule has 0 bridgehead atoms. The maximum Gasteiger partial charge on any atom is 0.306 e. The molecule has 0 aliphatic carbocycles. The van der Waals surface area contributed by atoms with E-state index in [2.05, 4.69) is 0 Å². The van der Waals surface area contributed by atoms with Crippen LogP contribution >= 0.6 is 11.6 Å². The molecule has 7 nitrogen and oxygen atoms in total. The van der Waals surface area contributed by atoms with E-state index in [1.807, 2.05) is 0 Å². The lowest BCUT2D eigenvalue weighted by molar-refractivity contribution is -0.154. The molecule has 0 saturated carbocycles. The summed E-state index contributed by atoms with van der Waals surface area (Å²) in [6.45, 7) is 9.20. The van der Waals surface area contributed by atoms with E-state index in [1.165, 1.54) is 34.5 Å². The summed E-state index contributed by atoms with van der Waals surface area (Å²) in [5, 5.41) is 0.167. The molecule has 29 heavy (non-hydrogen) atoms. The molecule has 0 aliphatic heterocycles. The average molecular weight is 447 g/mol. The van der Waals surface area contributed by atoms with E-state index in [1.54, 1.807) is 41.7 Å². The van der Waals surface area contributed by atoms with Gasteiger partial charge in [0, 0.05) is 33.1 Å². The zero-order valence-electron chi connectivity index (χ0n) is 18.2. The Morgan fingerprint density at radius 2 is 1.76 bits per heavy atom. The van der Waals surface area contributed by atoms with Crippen LogP contribution in [0.4, 0.5) is 0 Å². The molecule has 0 aliphatic rings. The second-order valence-corrected chi connectivity index (χ2v) is 10.6. The third-order valence-corrected chi connectivity index (χ3v) is 6.57. The number of carbonyl (C=O) groups is 2. The summed E-state index contributed by atoms with van der Waals surface area (Å²) in [5.74, 6) is -0.746. The summed E-state index contributed by atoms with van der Waals surface area (Å²) in [7, 11) is -0.676. The highest BCUT2D eigenvalue weighted by Crippen LogP contribution is 2.24. The summed E-state index contributed by atoms with van der Waals surface area (Å²) in [6.07, 6.45) is 0.596. The van der Waals surface area contributed by atoms with Gasteiger partial charge in [0.25, 0.3) is 5.91 Å². The van der Waals surface area contributed by atoms with Crippen molar-refractivity contribution in [3.05, 3.63) is 28.8 Å². The maximum atomic E-state index is 12.8. The lowest BCUT2D eigenvalue weighted by atomic mass is 10.2. The highest BCUT2D eigenvalue weighted by Gasteiger charge is 2.26. The Bertz CT molecular complexity index is 847. The third-order valence-electron chi connectivity index (χ3n) is 4.21. The fraction of sp³-hybridized carbons (Fsp3) is 0.600. The average Bonchev–Trinajstić information content (AvgIpc) is 2.58. The van der Waals surface area contributed by atoms with E-state index in [0.29, 0.717) is 13.0 Å². The molecule has 1 aromatic carbocycles. The first-order chi connectivity index (χ1) is 13.2. The van der Waals surface area contributed by atoms with E-state index >= 15 is 0 Å². The molecular weight excluding hydrogens is 416 g/mol. The summed E-state index contributed by atoms with van der Waals surface area (Å²) in [6, 6.07) is 3.86. The summed E-state index contributed by atoms with van der Waals surface area (Å²) < 4.78 is 31.9. The van der Waals surface area contributed by atoms with Crippen LogP contribution in [0.3, 0.4) is 0 Å². The monoisotopic (exact) mass is 446 g/mol. The van der Waals surface area contributed by atoms with Crippen LogP contribution in [0, 0.1) is 0 Å². The molecule has 1 amide bonds. The second kappa shape index (κ2) is 9.91. The minimum Gasteiger partial charge on any atom is -0.460 e. The van der Waals surface area contributed by atoms with Crippen molar-refractivity contribution in [3.63, 3.8) is 0 Å². The lowest BCUT2D eigenvalue weighted by Crippen LogP contribution is -2.33. The van der Waals surface area contributed by atoms with Gasteiger partial charge in [-0.25, -0.2) is 8.42 Å². The van der Waals surface area contributed by atoms with E-state index in [-0.39, 0.29) is 33.9 Å². The Morgan fingerprint density at radius 1 is 1.17 bits per heavy atom. The second-order valence-electron chi connectivity index (χ2n) is 8.17. The summed E-state index contributed by atoms with van der Waals surface area (Å²) in [4.78, 5) is 26.0. The predicted molar refractivity (Wildman–Crippen MR) is 114 cm³/mol. The highest BCUT2D eigenvalue weighted by molar-refractivity contribution is 7.89. The van der Waals surface area contributed by atoms with Crippen molar-refractivity contribution >= 4 is 33.5 Å². The maximum absolute atomic E-state index is 12.8. The Morgan fingerprint density at radius 3 is 2.28 bits per heavy atom. The molecule has 0 fully saturated rings. The molecule has 0 unspecified atom stereocenters. The van der Waals surface area contributed by atoms with Crippen molar-refractivity contribution < 1.29 is 22.7 Å². The molecule has 9 heteroatoms. The standard InChI is InChI=1S/C20H31ClN2O5S/c1-14(2)23(7)29(26,27)15-10-11-17(21)16(13-15)19(25)22(6)12-8-9-18(24)28-20(3,4)5/h10-11,13-14H,8-9,12H2,1-7H3. The number of nitrogens with zero attached hydrogens (tertiary/aromatic N) is 2. The Hall–Kier alpha value is -1.64. The van der Waals surface area contributed by atoms with Gasteiger partial charge in [-0.05, 0) is 59.2 Å². The molecule has 0 radical (unpaired) electrons. The van der Waals surface area contributed by atoms with Gasteiger partial charge in [0.05, 0.1) is 15.5 Å². The Kier molecular flexibility index (Phi) is 8.68. The van der Waals surface area contributed by atoms with Gasteiger partial charge in [0.1, 0.15) is 5.60 Å². The van der Waals surface area contributed by atoms with Crippen molar-refractivity contribution in [2.75, 3.05) is 20.6 Å². The number of esters is 1. The van der Waals surface area contributed by atoms with Gasteiger partial charge in [0.2, 0.25) is 10.0 Å². The fourth-order valence-electron chi connectivity index (χ4n) is 2.43. The third kappa shape index (κ3) is 7.28. The fourth-order valence-corrected chi connectivity index (χ4v) is 4.03. The van der Waals surface area contributed by atoms with Crippen molar-refractivity contribution in [2.45, 2.75) is 64.0 Å². The number of carbonyl (C=O) groups excluding carboxylic acids is 2. The normalized spacial score (nSPS) is 12.3. The van der Waals surface area contributed by atoms with Gasteiger partial charge in [-0.15, -0.1) is 0 Å². The van der Waals surface area contributed by atoms with Crippen LogP contribution in [-0.4, -0.2) is 61.8 Å². The number of rotatable bonds is 8. The number of benzene rings is 1. The van der Waals surface area contributed by atoms with Crippen LogP contribution in [0.2, 0.25) is 5.02 Å². The highest BCUT2D eigenvalue weighted by atomic mass is 35.5. The minimum atomic E-state index is -3.74. The van der Waals surface area contributed by atoms with Crippen molar-refractivity contribution in [2.24, 2.45) is 0 Å². The topological polar surface area (TPSA) is 84.0 Å². The molecule has 1 aromatic rings. The molecule has 0 atom stereocenters. The van der Waals surface area contributed by atoms with E-state index in [0.717, 1.165) is 0 Å². The molecule has 0 saturated heterocycles. The van der Waals surface area contributed by atoms with Crippen LogP contribution in [0.5, 0.6) is 0 Å². The van der Waals surface area contributed by atoms with Crippen molar-refractivity contribution in [1.29, 1.82) is 0 Å². The largest absolute Gasteiger partial charge is 0.460 e. The smallest absolute Gasteiger partial charge is 0.306 e. The van der Waals surface area contributed by atoms with Gasteiger partial charge in [0.15, 0.2) is 0 Å². The van der Waals surface area contributed by atoms with E-state index in [9.17, 15) is 18.0 Å². The lowest BCUT2D eigenvalue weighted by Gasteiger charge is -2.22. The number of ether oxygens (including phenoxy) is 1. The van der Waals surface area contributed by atoms with Crippen LogP contribution in [0.1, 0.15) is 57.8 Å².